The minimum atomic E-state index is -3.56. The first kappa shape index (κ1) is 19.6. The minimum absolute atomic E-state index is 0.0710. The molecule has 10 heteroatoms. The van der Waals surface area contributed by atoms with Crippen LogP contribution in [0.5, 0.6) is 0 Å². The van der Waals surface area contributed by atoms with E-state index in [4.69, 9.17) is 5.73 Å². The quantitative estimate of drug-likeness (QED) is 0.744. The molecule has 0 spiro atoms. The average Bonchev–Trinajstić information content (AvgIpc) is 2.61. The summed E-state index contributed by atoms with van der Waals surface area (Å²) in [4.78, 5) is 24.8. The van der Waals surface area contributed by atoms with Gasteiger partial charge in [-0.3, -0.25) is 15.0 Å². The number of methoxy groups -OCH3 is 1. The van der Waals surface area contributed by atoms with Crippen LogP contribution in [-0.4, -0.2) is 69.0 Å². The van der Waals surface area contributed by atoms with E-state index in [0.717, 1.165) is 25.9 Å². The van der Waals surface area contributed by atoms with Crippen LogP contribution in [0, 0.1) is 5.92 Å². The van der Waals surface area contributed by atoms with Crippen molar-refractivity contribution in [3.8, 4) is 0 Å². The number of likely N-dealkylation sites (tertiary alicyclic amines) is 1. The van der Waals surface area contributed by atoms with Gasteiger partial charge in [-0.15, -0.1) is 0 Å². The van der Waals surface area contributed by atoms with Gasteiger partial charge < -0.3 is 10.5 Å². The molecular formula is C17H24N4O5S. The molecule has 1 aromatic rings. The van der Waals surface area contributed by atoms with E-state index in [9.17, 15) is 18.0 Å². The van der Waals surface area contributed by atoms with Gasteiger partial charge in [0, 0.05) is 30.7 Å². The molecule has 3 N–H and O–H groups in total. The number of carbonyl (C=O) groups excluding carboxylic acids is 2. The Labute approximate surface area is 158 Å². The zero-order valence-electron chi connectivity index (χ0n) is 15.1. The fraction of sp³-hybridized carbons (Fsp3) is 0.529. The van der Waals surface area contributed by atoms with Gasteiger partial charge in [0.05, 0.1) is 12.0 Å². The number of nitrogens with zero attached hydrogens (tertiary/aromatic N) is 2. The van der Waals surface area contributed by atoms with Gasteiger partial charge in [0.25, 0.3) is 0 Å². The lowest BCUT2D eigenvalue weighted by Crippen LogP contribution is -2.62. The third-order valence-corrected chi connectivity index (χ3v) is 7.05. The Hall–Kier alpha value is -2.17. The Morgan fingerprint density at radius 2 is 1.74 bits per heavy atom. The maximum absolute atomic E-state index is 12.7. The summed E-state index contributed by atoms with van der Waals surface area (Å²) in [6.45, 7) is 2.40. The summed E-state index contributed by atoms with van der Waals surface area (Å²) in [7, 11) is -2.31. The van der Waals surface area contributed by atoms with Gasteiger partial charge in [-0.2, -0.15) is 4.31 Å². The molecule has 3 rings (SSSR count). The predicted octanol–water partition coefficient (Wildman–Crippen LogP) is 0.435. The van der Waals surface area contributed by atoms with E-state index in [1.807, 2.05) is 0 Å². The first-order chi connectivity index (χ1) is 12.8. The van der Waals surface area contributed by atoms with Gasteiger partial charge in [-0.25, -0.2) is 13.2 Å². The summed E-state index contributed by atoms with van der Waals surface area (Å²) in [5, 5.41) is 2.48. The van der Waals surface area contributed by atoms with E-state index in [1.54, 1.807) is 0 Å². The molecule has 0 atom stereocenters. The molecule has 27 heavy (non-hydrogen) atoms. The number of ether oxygens (including phenoxy) is 1. The van der Waals surface area contributed by atoms with Crippen LogP contribution in [-0.2, 0) is 19.6 Å². The zero-order chi connectivity index (χ0) is 19.6. The lowest BCUT2D eigenvalue weighted by molar-refractivity contribution is -0.123. The van der Waals surface area contributed by atoms with Crippen molar-refractivity contribution in [1.82, 2.24) is 9.21 Å². The number of sulfonamides is 1. The SMILES string of the molecule is COC(=O)Nc1ccc(S(=O)(=O)N2CC(N3CCC(C(N)=O)CC3)C2)cc1. The Morgan fingerprint density at radius 1 is 1.15 bits per heavy atom. The van der Waals surface area contributed by atoms with Crippen LogP contribution in [0.15, 0.2) is 29.2 Å². The number of hydrogen-bond donors (Lipinski definition) is 2. The van der Waals surface area contributed by atoms with Gasteiger partial charge in [0.15, 0.2) is 0 Å². The minimum Gasteiger partial charge on any atom is -0.453 e. The summed E-state index contributed by atoms with van der Waals surface area (Å²) in [6.07, 6.45) is 0.844. The van der Waals surface area contributed by atoms with Crippen LogP contribution in [0.2, 0.25) is 0 Å². The molecule has 2 aliphatic rings. The highest BCUT2D eigenvalue weighted by molar-refractivity contribution is 7.89. The van der Waals surface area contributed by atoms with E-state index in [0.29, 0.717) is 18.8 Å². The van der Waals surface area contributed by atoms with Crippen LogP contribution >= 0.6 is 0 Å². The van der Waals surface area contributed by atoms with Crippen LogP contribution < -0.4 is 11.1 Å². The van der Waals surface area contributed by atoms with Crippen molar-refractivity contribution in [3.63, 3.8) is 0 Å². The number of rotatable bonds is 5. The molecular weight excluding hydrogens is 372 g/mol. The predicted molar refractivity (Wildman–Crippen MR) is 98.5 cm³/mol. The van der Waals surface area contributed by atoms with Gasteiger partial charge in [-0.1, -0.05) is 0 Å². The second-order valence-corrected chi connectivity index (χ2v) is 8.77. The van der Waals surface area contributed by atoms with Crippen LogP contribution in [0.1, 0.15) is 12.8 Å². The van der Waals surface area contributed by atoms with Crippen molar-refractivity contribution in [2.24, 2.45) is 11.7 Å². The molecule has 0 bridgehead atoms. The Balaban J connectivity index is 1.55. The van der Waals surface area contributed by atoms with E-state index >= 15 is 0 Å². The van der Waals surface area contributed by atoms with Crippen LogP contribution in [0.3, 0.4) is 0 Å². The molecule has 2 amide bonds. The first-order valence-corrected chi connectivity index (χ1v) is 10.2. The number of amides is 2. The molecule has 2 heterocycles. The molecule has 1 aromatic carbocycles. The average molecular weight is 396 g/mol. The van der Waals surface area contributed by atoms with E-state index < -0.39 is 16.1 Å². The van der Waals surface area contributed by atoms with E-state index in [2.05, 4.69) is 15.0 Å². The Bertz CT molecular complexity index is 797. The number of carbonyl (C=O) groups is 2. The largest absolute Gasteiger partial charge is 0.453 e. The van der Waals surface area contributed by atoms with Crippen molar-refractivity contribution >= 4 is 27.7 Å². The summed E-state index contributed by atoms with van der Waals surface area (Å²) < 4.78 is 31.4. The highest BCUT2D eigenvalue weighted by Gasteiger charge is 2.40. The van der Waals surface area contributed by atoms with Crippen molar-refractivity contribution < 1.29 is 22.7 Å². The summed E-state index contributed by atoms with van der Waals surface area (Å²) >= 11 is 0. The van der Waals surface area contributed by atoms with Gasteiger partial charge in [0.1, 0.15) is 0 Å². The number of primary amides is 1. The van der Waals surface area contributed by atoms with Crippen LogP contribution in [0.25, 0.3) is 0 Å². The number of nitrogens with one attached hydrogen (secondary N) is 1. The number of benzene rings is 1. The Kier molecular flexibility index (Phi) is 5.68. The standard InChI is InChI=1S/C17H24N4O5S/c1-26-17(23)19-13-2-4-15(5-3-13)27(24,25)21-10-14(11-21)20-8-6-12(7-9-20)16(18)22/h2-5,12,14H,6-11H2,1H3,(H2,18,22)(H,19,23). The van der Waals surface area contributed by atoms with Crippen molar-refractivity contribution in [3.05, 3.63) is 24.3 Å². The van der Waals surface area contributed by atoms with Crippen molar-refractivity contribution in [2.75, 3.05) is 38.6 Å². The van der Waals surface area contributed by atoms with E-state index in [1.165, 1.54) is 35.7 Å². The molecule has 0 aliphatic carbocycles. The second kappa shape index (κ2) is 7.83. The molecule has 2 aliphatic heterocycles. The lowest BCUT2D eigenvalue weighted by Gasteiger charge is -2.46. The monoisotopic (exact) mass is 396 g/mol. The molecule has 0 radical (unpaired) electrons. The van der Waals surface area contributed by atoms with Crippen LogP contribution in [0.4, 0.5) is 10.5 Å². The maximum Gasteiger partial charge on any atom is 0.411 e. The number of piperidine rings is 1. The van der Waals surface area contributed by atoms with E-state index in [-0.39, 0.29) is 22.8 Å². The molecule has 2 saturated heterocycles. The summed E-state index contributed by atoms with van der Waals surface area (Å²) in [6, 6.07) is 6.15. The summed E-state index contributed by atoms with van der Waals surface area (Å²) in [5.41, 5.74) is 5.81. The molecule has 0 saturated carbocycles. The van der Waals surface area contributed by atoms with Crippen molar-refractivity contribution in [2.45, 2.75) is 23.8 Å². The third-order valence-electron chi connectivity index (χ3n) is 5.20. The highest BCUT2D eigenvalue weighted by Crippen LogP contribution is 2.28. The zero-order valence-corrected chi connectivity index (χ0v) is 15.9. The third kappa shape index (κ3) is 4.23. The Morgan fingerprint density at radius 3 is 2.26 bits per heavy atom. The molecule has 148 valence electrons. The highest BCUT2D eigenvalue weighted by atomic mass is 32.2. The fourth-order valence-electron chi connectivity index (χ4n) is 3.42. The number of nitrogens with two attached hydrogens (primary N) is 1. The van der Waals surface area contributed by atoms with Gasteiger partial charge in [-0.05, 0) is 50.2 Å². The molecule has 9 nitrogen and oxygen atoms in total. The molecule has 0 unspecified atom stereocenters. The summed E-state index contributed by atoms with van der Waals surface area (Å²) in [5.74, 6) is -0.323. The van der Waals surface area contributed by atoms with Gasteiger partial charge in [0.2, 0.25) is 15.9 Å². The second-order valence-electron chi connectivity index (χ2n) is 6.83. The molecule has 2 fully saturated rings. The van der Waals surface area contributed by atoms with Crippen molar-refractivity contribution in [1.29, 1.82) is 0 Å². The fourth-order valence-corrected chi connectivity index (χ4v) is 4.94. The van der Waals surface area contributed by atoms with Gasteiger partial charge >= 0.3 is 6.09 Å². The number of hydrogen-bond acceptors (Lipinski definition) is 6. The first-order valence-electron chi connectivity index (χ1n) is 8.80. The normalized spacial score (nSPS) is 20.0. The lowest BCUT2D eigenvalue weighted by atomic mass is 9.94. The number of anilines is 1. The molecule has 0 aromatic heterocycles. The smallest absolute Gasteiger partial charge is 0.411 e. The maximum atomic E-state index is 12.7. The topological polar surface area (TPSA) is 122 Å².